The van der Waals surface area contributed by atoms with Crippen LogP contribution in [0.3, 0.4) is 0 Å². The van der Waals surface area contributed by atoms with Gasteiger partial charge in [0.05, 0.1) is 28.0 Å². The van der Waals surface area contributed by atoms with Crippen LogP contribution in [0.25, 0.3) is 0 Å². The number of carbonyl (C=O) groups is 3. The van der Waals surface area contributed by atoms with Crippen molar-refractivity contribution in [3.05, 3.63) is 22.5 Å². The average molecular weight is 542 g/mol. The summed E-state index contributed by atoms with van der Waals surface area (Å²) in [4.78, 5) is 38.8. The van der Waals surface area contributed by atoms with Crippen molar-refractivity contribution in [3.8, 4) is 0 Å². The molecule has 1 saturated heterocycles. The number of anilines is 2. The lowest BCUT2D eigenvalue weighted by Crippen LogP contribution is -2.44. The monoisotopic (exact) mass is 541 g/mol. The molecule has 1 aliphatic carbocycles. The molecule has 0 bridgehead atoms. The molecule has 3 amide bonds. The van der Waals surface area contributed by atoms with Gasteiger partial charge in [-0.05, 0) is 73.3 Å². The summed E-state index contributed by atoms with van der Waals surface area (Å²) >= 11 is 6.71. The number of amides is 3. The van der Waals surface area contributed by atoms with E-state index >= 15 is 4.39 Å². The Balaban J connectivity index is 1.78. The SMILES string of the molecule is CC(C)(C)OC(=O)NNC(=O)c1cc(F)c(N2CCC(NC(=O)OC(C)(C)C)C2)c(Cl)c1NC1CCC1. The molecule has 1 unspecified atom stereocenters. The van der Waals surface area contributed by atoms with E-state index in [1.165, 1.54) is 0 Å². The van der Waals surface area contributed by atoms with Crippen LogP contribution in [-0.4, -0.2) is 54.5 Å². The van der Waals surface area contributed by atoms with Gasteiger partial charge in [-0.15, -0.1) is 0 Å². The van der Waals surface area contributed by atoms with E-state index in [2.05, 4.69) is 21.5 Å². The summed E-state index contributed by atoms with van der Waals surface area (Å²) < 4.78 is 25.8. The van der Waals surface area contributed by atoms with Crippen molar-refractivity contribution in [2.75, 3.05) is 23.3 Å². The Labute approximate surface area is 221 Å². The summed E-state index contributed by atoms with van der Waals surface area (Å²) in [5.41, 5.74) is 3.44. The van der Waals surface area contributed by atoms with Crippen LogP contribution >= 0.6 is 11.6 Å². The lowest BCUT2D eigenvalue weighted by atomic mass is 9.92. The smallest absolute Gasteiger partial charge is 0.426 e. The van der Waals surface area contributed by atoms with Crippen LogP contribution in [0.15, 0.2) is 6.07 Å². The molecule has 3 rings (SSSR count). The number of benzene rings is 1. The van der Waals surface area contributed by atoms with E-state index in [4.69, 9.17) is 21.1 Å². The van der Waals surface area contributed by atoms with Crippen LogP contribution in [0, 0.1) is 5.82 Å². The number of nitrogens with one attached hydrogen (secondary N) is 4. The van der Waals surface area contributed by atoms with Crippen LogP contribution in [0.5, 0.6) is 0 Å². The van der Waals surface area contributed by atoms with Gasteiger partial charge in [-0.1, -0.05) is 11.6 Å². The minimum Gasteiger partial charge on any atom is -0.444 e. The Kier molecular flexibility index (Phi) is 8.66. The van der Waals surface area contributed by atoms with Gasteiger partial charge in [0.1, 0.15) is 17.0 Å². The summed E-state index contributed by atoms with van der Waals surface area (Å²) in [6.07, 6.45) is 2.01. The number of hydrazine groups is 1. The second-order valence-electron chi connectivity index (χ2n) is 11.4. The third-order valence-electron chi connectivity index (χ3n) is 5.79. The second-order valence-corrected chi connectivity index (χ2v) is 11.8. The van der Waals surface area contributed by atoms with Gasteiger partial charge in [0.2, 0.25) is 0 Å². The molecule has 37 heavy (non-hydrogen) atoms. The molecule has 12 heteroatoms. The highest BCUT2D eigenvalue weighted by Gasteiger charge is 2.32. The van der Waals surface area contributed by atoms with E-state index < -0.39 is 35.1 Å². The van der Waals surface area contributed by atoms with E-state index in [1.54, 1.807) is 46.4 Å². The number of ether oxygens (including phenoxy) is 2. The standard InChI is InChI=1S/C25H37ClFN5O5/c1-24(2,3)36-22(34)29-15-10-11-32(13-15)20-17(27)12-16(19(18(20)26)28-14-8-7-9-14)21(33)30-31-23(35)37-25(4,5)6/h12,14-15,28H,7-11,13H2,1-6H3,(H,29,34)(H,30,33)(H,31,35). The van der Waals surface area contributed by atoms with Crippen LogP contribution in [-0.2, 0) is 9.47 Å². The summed E-state index contributed by atoms with van der Waals surface area (Å²) in [5.74, 6) is -1.43. The first-order valence-corrected chi connectivity index (χ1v) is 12.8. The maximum atomic E-state index is 15.4. The van der Waals surface area contributed by atoms with Crippen molar-refractivity contribution in [1.29, 1.82) is 0 Å². The molecule has 2 fully saturated rings. The zero-order chi connectivity index (χ0) is 27.5. The number of halogens is 2. The lowest BCUT2D eigenvalue weighted by molar-refractivity contribution is 0.0480. The first-order chi connectivity index (χ1) is 17.1. The van der Waals surface area contributed by atoms with Gasteiger partial charge in [0.25, 0.3) is 5.91 Å². The number of rotatable bonds is 5. The fourth-order valence-corrected chi connectivity index (χ4v) is 4.38. The Morgan fingerprint density at radius 3 is 2.16 bits per heavy atom. The molecule has 0 radical (unpaired) electrons. The number of carbonyl (C=O) groups excluding carboxylic acids is 3. The molecule has 1 saturated carbocycles. The summed E-state index contributed by atoms with van der Waals surface area (Å²) in [6.45, 7) is 11.2. The molecule has 1 atom stereocenters. The number of alkyl carbamates (subject to hydrolysis) is 1. The van der Waals surface area contributed by atoms with Crippen molar-refractivity contribution in [3.63, 3.8) is 0 Å². The predicted molar refractivity (Wildman–Crippen MR) is 139 cm³/mol. The van der Waals surface area contributed by atoms with Gasteiger partial charge in [-0.3, -0.25) is 10.2 Å². The summed E-state index contributed by atoms with van der Waals surface area (Å²) in [6, 6.07) is 0.943. The van der Waals surface area contributed by atoms with E-state index in [9.17, 15) is 14.4 Å². The molecule has 206 valence electrons. The molecular weight excluding hydrogens is 505 g/mol. The maximum absolute atomic E-state index is 15.4. The van der Waals surface area contributed by atoms with Crippen molar-refractivity contribution >= 4 is 41.1 Å². The van der Waals surface area contributed by atoms with Crippen LogP contribution in [0.1, 0.15) is 77.6 Å². The minimum atomic E-state index is -0.849. The molecule has 1 aliphatic heterocycles. The average Bonchev–Trinajstić information content (AvgIpc) is 3.14. The van der Waals surface area contributed by atoms with Crippen molar-refractivity contribution in [1.82, 2.24) is 16.2 Å². The molecule has 0 spiro atoms. The van der Waals surface area contributed by atoms with E-state index in [0.717, 1.165) is 25.3 Å². The van der Waals surface area contributed by atoms with Crippen molar-refractivity contribution in [2.24, 2.45) is 0 Å². The van der Waals surface area contributed by atoms with Gasteiger partial charge >= 0.3 is 12.2 Å². The molecule has 1 heterocycles. The number of nitrogens with zero attached hydrogens (tertiary/aromatic N) is 1. The highest BCUT2D eigenvalue weighted by molar-refractivity contribution is 6.37. The van der Waals surface area contributed by atoms with Gasteiger partial charge in [0, 0.05) is 19.1 Å². The molecule has 2 aliphatic rings. The lowest BCUT2D eigenvalue weighted by Gasteiger charge is -2.31. The largest absolute Gasteiger partial charge is 0.444 e. The summed E-state index contributed by atoms with van der Waals surface area (Å²) in [7, 11) is 0. The third kappa shape index (κ3) is 8.02. The van der Waals surface area contributed by atoms with Crippen LogP contribution in [0.2, 0.25) is 5.02 Å². The van der Waals surface area contributed by atoms with E-state index in [0.29, 0.717) is 19.5 Å². The quantitative estimate of drug-likeness (QED) is 0.398. The molecule has 1 aromatic rings. The zero-order valence-corrected chi connectivity index (χ0v) is 23.0. The fourth-order valence-electron chi connectivity index (χ4n) is 4.01. The second kappa shape index (κ2) is 11.2. The predicted octanol–water partition coefficient (Wildman–Crippen LogP) is 4.72. The van der Waals surface area contributed by atoms with Crippen molar-refractivity contribution in [2.45, 2.75) is 90.5 Å². The fraction of sp³-hybridized carbons (Fsp3) is 0.640. The third-order valence-corrected chi connectivity index (χ3v) is 6.16. The highest BCUT2D eigenvalue weighted by atomic mass is 35.5. The Bertz CT molecular complexity index is 1040. The topological polar surface area (TPSA) is 121 Å². The molecular formula is C25H37ClFN5O5. The van der Waals surface area contributed by atoms with E-state index in [-0.39, 0.29) is 34.0 Å². The van der Waals surface area contributed by atoms with E-state index in [1.807, 2.05) is 0 Å². The Hall–Kier alpha value is -2.95. The van der Waals surface area contributed by atoms with Gasteiger partial charge in [-0.25, -0.2) is 19.4 Å². The molecule has 4 N–H and O–H groups in total. The molecule has 10 nitrogen and oxygen atoms in total. The zero-order valence-electron chi connectivity index (χ0n) is 22.2. The van der Waals surface area contributed by atoms with Crippen LogP contribution < -0.4 is 26.4 Å². The normalized spacial score (nSPS) is 18.1. The molecule has 1 aromatic carbocycles. The minimum absolute atomic E-state index is 0.0446. The van der Waals surface area contributed by atoms with Gasteiger partial charge in [0.15, 0.2) is 0 Å². The Morgan fingerprint density at radius 1 is 0.973 bits per heavy atom. The Morgan fingerprint density at radius 2 is 1.59 bits per heavy atom. The first kappa shape index (κ1) is 28.6. The number of hydrogen-bond acceptors (Lipinski definition) is 7. The number of hydrogen-bond donors (Lipinski definition) is 4. The summed E-state index contributed by atoms with van der Waals surface area (Å²) in [5, 5.41) is 6.14. The highest BCUT2D eigenvalue weighted by Crippen LogP contribution is 2.41. The molecule has 0 aromatic heterocycles. The maximum Gasteiger partial charge on any atom is 0.426 e. The first-order valence-electron chi connectivity index (χ1n) is 12.5. The van der Waals surface area contributed by atoms with Gasteiger partial charge in [-0.2, -0.15) is 0 Å². The van der Waals surface area contributed by atoms with Crippen LogP contribution in [0.4, 0.5) is 25.4 Å². The van der Waals surface area contributed by atoms with Crippen molar-refractivity contribution < 1.29 is 28.2 Å². The van der Waals surface area contributed by atoms with Gasteiger partial charge < -0.3 is 25.0 Å².